The van der Waals surface area contributed by atoms with Crippen LogP contribution in [0, 0.1) is 22.7 Å². The number of carboxylic acids is 12. The van der Waals surface area contributed by atoms with Gasteiger partial charge in [-0.05, 0) is 153 Å². The third-order valence-electron chi connectivity index (χ3n) is 13.3. The average molecular weight is 1360 g/mol. The van der Waals surface area contributed by atoms with E-state index in [4.69, 9.17) is 78.5 Å². The van der Waals surface area contributed by atoms with Crippen molar-refractivity contribution in [3.05, 3.63) is 0 Å². The van der Waals surface area contributed by atoms with E-state index in [0.29, 0.717) is 55.8 Å². The van der Waals surface area contributed by atoms with Gasteiger partial charge in [0.1, 0.15) is 16.6 Å². The second-order valence-corrected chi connectivity index (χ2v) is 24.5. The van der Waals surface area contributed by atoms with Crippen LogP contribution in [-0.2, 0) is 57.5 Å². The Hall–Kier alpha value is -6.39. The highest BCUT2D eigenvalue weighted by molar-refractivity contribution is 5.82. The van der Waals surface area contributed by atoms with Crippen molar-refractivity contribution in [2.75, 3.05) is 88.6 Å². The summed E-state index contributed by atoms with van der Waals surface area (Å²) in [5, 5.41) is 101. The molecule has 3 saturated carbocycles. The first-order chi connectivity index (χ1) is 41.2. The summed E-state index contributed by atoms with van der Waals surface area (Å²) in [6, 6.07) is 0. The van der Waals surface area contributed by atoms with E-state index in [9.17, 15) is 57.5 Å². The normalized spacial score (nSPS) is 15.0. The van der Waals surface area contributed by atoms with E-state index in [1.54, 1.807) is 46.8 Å². The fraction of sp³-hybridized carbons (Fsp3) is 0.797. The average Bonchev–Trinajstić information content (AvgIpc) is 2.01. The van der Waals surface area contributed by atoms with Crippen molar-refractivity contribution >= 4 is 71.6 Å². The van der Waals surface area contributed by atoms with Gasteiger partial charge in [0.05, 0.1) is 63.4 Å². The molecule has 1 saturated heterocycles. The first-order valence-corrected chi connectivity index (χ1v) is 29.7. The minimum atomic E-state index is -1.08. The molecule has 4 fully saturated rings. The zero-order valence-corrected chi connectivity index (χ0v) is 58.2. The molecule has 1 aliphatic heterocycles. The molecule has 3 aliphatic carbocycles. The van der Waals surface area contributed by atoms with E-state index < -0.39 is 99.1 Å². The summed E-state index contributed by atoms with van der Waals surface area (Å²) in [6.07, 6.45) is 14.5. The summed E-state index contributed by atoms with van der Waals surface area (Å²) in [7, 11) is 12.6. The van der Waals surface area contributed by atoms with E-state index in [0.717, 1.165) is 70.9 Å². The lowest BCUT2D eigenvalue weighted by molar-refractivity contribution is -0.862. The molecular formula is C59H119ClN8O24. The van der Waals surface area contributed by atoms with Crippen LogP contribution in [-0.4, -0.2) is 252 Å². The monoisotopic (exact) mass is 1360 g/mol. The van der Waals surface area contributed by atoms with Crippen LogP contribution in [0.15, 0.2) is 0 Å². The lowest BCUT2D eigenvalue weighted by Crippen LogP contribution is -3.00. The van der Waals surface area contributed by atoms with E-state index in [1.165, 1.54) is 20.3 Å². The van der Waals surface area contributed by atoms with Crippen LogP contribution in [0.4, 0.5) is 0 Å². The maximum atomic E-state index is 10.5. The number of hydrogen-bond donors (Lipinski definition) is 17. The van der Waals surface area contributed by atoms with Gasteiger partial charge in [0, 0.05) is 6.42 Å². The Kier molecular flexibility index (Phi) is 63.8. The fourth-order valence-corrected chi connectivity index (χ4v) is 5.92. The second-order valence-electron chi connectivity index (χ2n) is 24.5. The number of carbonyl (C=O) groups is 12. The lowest BCUT2D eigenvalue weighted by Gasteiger charge is -2.25. The molecule has 33 heteroatoms. The predicted molar refractivity (Wildman–Crippen MR) is 340 cm³/mol. The molecular weight excluding hydrogens is 1240 g/mol. The van der Waals surface area contributed by atoms with Crippen molar-refractivity contribution in [2.45, 2.75) is 195 Å². The largest absolute Gasteiger partial charge is 1.00 e. The highest BCUT2D eigenvalue weighted by atomic mass is 35.5. The van der Waals surface area contributed by atoms with Gasteiger partial charge in [-0.2, -0.15) is 0 Å². The molecule has 4 aliphatic rings. The molecule has 0 aromatic heterocycles. The number of carboxylic acid groups (broad SMARTS) is 12. The maximum absolute atomic E-state index is 10.5. The Labute approximate surface area is 549 Å². The molecule has 0 radical (unpaired) electrons. The van der Waals surface area contributed by atoms with Gasteiger partial charge in [-0.15, -0.1) is 0 Å². The smallest absolute Gasteiger partial charge is 0.359 e. The van der Waals surface area contributed by atoms with Crippen LogP contribution >= 0.6 is 0 Å². The van der Waals surface area contributed by atoms with E-state index in [2.05, 4.69) is 16.0 Å². The molecule has 32 nitrogen and oxygen atoms in total. The summed E-state index contributed by atoms with van der Waals surface area (Å²) in [5.41, 5.74) is 16.5. The zero-order chi connectivity index (χ0) is 73.9. The number of nitrogens with two attached hydrogens (primary N) is 4. The molecule has 4 rings (SSSR count). The van der Waals surface area contributed by atoms with E-state index in [1.807, 2.05) is 55.9 Å². The number of likely N-dealkylation sites (tertiary alicyclic amines) is 1. The van der Waals surface area contributed by atoms with Gasteiger partial charge in [0.2, 0.25) is 0 Å². The molecule has 0 unspecified atom stereocenters. The van der Waals surface area contributed by atoms with Gasteiger partial charge in [0.25, 0.3) is 0 Å². The molecule has 0 aromatic carbocycles. The summed E-state index contributed by atoms with van der Waals surface area (Å²) in [6.45, 7) is 17.5. The molecule has 0 spiro atoms. The number of likely N-dealkylation sites (N-methyl/N-ethyl adjacent to an activating group) is 3. The fourth-order valence-electron chi connectivity index (χ4n) is 5.92. The zero-order valence-electron chi connectivity index (χ0n) is 57.4. The minimum absolute atomic E-state index is 0. The molecule has 546 valence electrons. The van der Waals surface area contributed by atoms with Crippen molar-refractivity contribution < 1.29 is 136 Å². The lowest BCUT2D eigenvalue weighted by atomic mass is 9.85. The Bertz CT molecular complexity index is 2050. The summed E-state index contributed by atoms with van der Waals surface area (Å²) < 4.78 is 0.481. The number of nitrogens with zero attached hydrogens (tertiary/aromatic N) is 3. The Morgan fingerprint density at radius 3 is 1.00 bits per heavy atom. The van der Waals surface area contributed by atoms with Crippen molar-refractivity contribution in [3.63, 3.8) is 0 Å². The SMILES string of the molecule is CC(C)(N)C(=O)O.CCC(C)(C)C(=O)O.CCC(C)(CC)C(=O)O.CCCC(=O)O.CN(C)CC(=O)O.CN1CCC(C(=O)O)CC1.CNCC(=O)O.C[N+](C)(C)CC(=O)O.NC1(C(=O)O)CC1.NC1(C(=O)O)CCCC1.NCC(=O)O.O=C(O)C1CCCCC1.[Cl-]. The molecule has 0 amide bonds. The van der Waals surface area contributed by atoms with Gasteiger partial charge in [0.15, 0.2) is 6.54 Å². The number of piperidine rings is 1. The minimum Gasteiger partial charge on any atom is -1.00 e. The molecule has 0 aromatic rings. The standard InChI is InChI=1S/C7H13NO2.C7H12O2.C7H14O2.C6H11NO2.C6H12O2.C5H11NO2.C4H7NO2.2C4H9NO2.C4H8O2.C3H7NO2.C2H5NO2.ClH/c1-8-4-2-6(3-5-8)7(9)10;8-7(9)6-4-2-1-3-5-6;1-4-7(3,5-2)6(8)9;7-6(5(8)9)3-1-2-4-6;1-4-6(2,3)5(7)8;1-6(2,3)4-5(7)8;5-4(1-2-4)3(6)7;1-5(2)3-4(6)7;1-4(2,5)3(6)7;1-2-3-4(5)6;1-4-2-3(5)6;3-1-2(4)5;/h6H,2-5H2,1H3,(H,9,10);6H,1-5H2,(H,8,9);4-5H2,1-3H3,(H,8,9);1-4,7H2,(H,8,9);4H2,1-3H3,(H,7,8);4H2,1-3H3;1-2,5H2,(H,6,7);3H2,1-2H3,(H,6,7);5H2,1-2H3,(H,6,7);2-3H2,1H3,(H,5,6);4H,2H2,1H3,(H,5,6);1,3H2,(H,4,5);1H. The van der Waals surface area contributed by atoms with Crippen LogP contribution in [0.25, 0.3) is 0 Å². The van der Waals surface area contributed by atoms with Gasteiger partial charge in [-0.3, -0.25) is 57.6 Å². The number of halogens is 1. The Morgan fingerprint density at radius 2 is 0.902 bits per heavy atom. The molecule has 92 heavy (non-hydrogen) atoms. The van der Waals surface area contributed by atoms with Crippen molar-refractivity contribution in [3.8, 4) is 0 Å². The van der Waals surface area contributed by atoms with E-state index in [-0.39, 0.29) is 50.4 Å². The van der Waals surface area contributed by atoms with Gasteiger partial charge in [-0.1, -0.05) is 59.8 Å². The number of hydrogen-bond acceptors (Lipinski definition) is 19. The van der Waals surface area contributed by atoms with Gasteiger partial charge >= 0.3 is 71.6 Å². The predicted octanol–water partition coefficient (Wildman–Crippen LogP) is 0.787. The van der Waals surface area contributed by atoms with Crippen LogP contribution in [0.5, 0.6) is 0 Å². The number of aliphatic carboxylic acids is 12. The number of rotatable bonds is 19. The van der Waals surface area contributed by atoms with Crippen LogP contribution in [0.1, 0.15) is 178 Å². The highest BCUT2D eigenvalue weighted by Crippen LogP contribution is 2.32. The quantitative estimate of drug-likeness (QED) is 0.0795. The molecule has 0 bridgehead atoms. The second kappa shape index (κ2) is 56.2. The van der Waals surface area contributed by atoms with E-state index >= 15 is 0 Å². The Morgan fingerprint density at radius 1 is 0.543 bits per heavy atom. The summed E-state index contributed by atoms with van der Waals surface area (Å²) in [4.78, 5) is 124. The Balaban J connectivity index is -0.000000117. The molecule has 1 heterocycles. The first-order valence-electron chi connectivity index (χ1n) is 29.7. The highest BCUT2D eigenvalue weighted by Gasteiger charge is 2.46. The van der Waals surface area contributed by atoms with Crippen molar-refractivity contribution in [2.24, 2.45) is 45.6 Å². The number of quaternary nitrogens is 1. The third-order valence-corrected chi connectivity index (χ3v) is 13.3. The first kappa shape index (κ1) is 104. The van der Waals surface area contributed by atoms with Gasteiger partial charge < -0.3 is 111 Å². The topological polar surface area (TPSA) is 570 Å². The van der Waals surface area contributed by atoms with Crippen LogP contribution in [0.3, 0.4) is 0 Å². The van der Waals surface area contributed by atoms with Gasteiger partial charge in [-0.25, -0.2) is 4.79 Å². The molecule has 0 atom stereocenters. The van der Waals surface area contributed by atoms with Crippen molar-refractivity contribution in [1.29, 1.82) is 0 Å². The van der Waals surface area contributed by atoms with Crippen LogP contribution in [0.2, 0.25) is 0 Å². The molecule has 21 N–H and O–H groups in total. The maximum Gasteiger partial charge on any atom is 0.359 e. The summed E-state index contributed by atoms with van der Waals surface area (Å²) in [5.74, 6) is -9.49. The summed E-state index contributed by atoms with van der Waals surface area (Å²) >= 11 is 0. The number of nitrogens with one attached hydrogen (secondary N) is 1. The van der Waals surface area contributed by atoms with Crippen LogP contribution < -0.4 is 40.7 Å². The van der Waals surface area contributed by atoms with Crippen molar-refractivity contribution in [1.82, 2.24) is 15.1 Å². The third kappa shape index (κ3) is 71.1.